The van der Waals surface area contributed by atoms with Gasteiger partial charge >= 0.3 is 0 Å². The molecule has 0 amide bonds. The van der Waals surface area contributed by atoms with E-state index in [9.17, 15) is 8.42 Å². The Balaban J connectivity index is 2.24. The van der Waals surface area contributed by atoms with Crippen molar-refractivity contribution >= 4 is 18.1 Å². The van der Waals surface area contributed by atoms with Crippen molar-refractivity contribution in [2.45, 2.75) is 64.0 Å². The van der Waals surface area contributed by atoms with E-state index in [1.165, 1.54) is 0 Å². The maximum absolute atomic E-state index is 12.9. The summed E-state index contributed by atoms with van der Waals surface area (Å²) in [4.78, 5) is 0. The summed E-state index contributed by atoms with van der Waals surface area (Å²) < 4.78 is 27.5. The van der Waals surface area contributed by atoms with Crippen LogP contribution in [0.4, 0.5) is 0 Å². The van der Waals surface area contributed by atoms with Gasteiger partial charge in [0.25, 0.3) is 0 Å². The van der Waals surface area contributed by atoms with Gasteiger partial charge in [-0.05, 0) is 25.0 Å². The molecule has 0 aromatic heterocycles. The van der Waals surface area contributed by atoms with Crippen molar-refractivity contribution in [1.82, 2.24) is 4.31 Å². The Morgan fingerprint density at radius 2 is 1.77 bits per heavy atom. The molecule has 0 N–H and O–H groups in total. The van der Waals surface area contributed by atoms with Gasteiger partial charge in [0.2, 0.25) is 10.0 Å². The highest BCUT2D eigenvalue weighted by molar-refractivity contribution is 7.89. The Morgan fingerprint density at radius 3 is 2.27 bits per heavy atom. The Bertz CT molecular complexity index is 609. The predicted molar refractivity (Wildman–Crippen MR) is 96.3 cm³/mol. The van der Waals surface area contributed by atoms with Crippen molar-refractivity contribution < 1.29 is 8.42 Å². The number of nitrogens with zero attached hydrogens (tertiary/aromatic N) is 1. The van der Waals surface area contributed by atoms with Gasteiger partial charge in [-0.1, -0.05) is 63.3 Å². The molecule has 1 aliphatic rings. The zero-order chi connectivity index (χ0) is 16.6. The topological polar surface area (TPSA) is 37.1 Å². The summed E-state index contributed by atoms with van der Waals surface area (Å²) in [6, 6.07) is 10.9. The zero-order valence-corrected chi connectivity index (χ0v) is 16.3. The van der Waals surface area contributed by atoms with Crippen LogP contribution in [0.3, 0.4) is 0 Å². The van der Waals surface area contributed by atoms with Gasteiger partial charge in [-0.3, -0.25) is 0 Å². The summed E-state index contributed by atoms with van der Waals surface area (Å²) in [5.41, 5.74) is 0.879. The minimum Gasteiger partial charge on any atom is -0.212 e. The second-order valence-corrected chi connectivity index (χ2v) is 15.4. The third-order valence-electron chi connectivity index (χ3n) is 4.54. The molecule has 5 heteroatoms. The van der Waals surface area contributed by atoms with Gasteiger partial charge in [-0.25, -0.2) is 8.42 Å². The van der Waals surface area contributed by atoms with E-state index in [1.54, 1.807) is 4.31 Å². The largest absolute Gasteiger partial charge is 0.215 e. The molecule has 0 saturated carbocycles. The Kier molecular flexibility index (Phi) is 4.90. The lowest BCUT2D eigenvalue weighted by atomic mass is 9.97. The first-order valence-corrected chi connectivity index (χ1v) is 13.5. The highest BCUT2D eigenvalue weighted by Crippen LogP contribution is 2.57. The van der Waals surface area contributed by atoms with Gasteiger partial charge in [-0.2, -0.15) is 4.31 Å². The molecular formula is C17H29NO2SSi. The van der Waals surface area contributed by atoms with Crippen molar-refractivity contribution in [3.05, 3.63) is 35.9 Å². The van der Waals surface area contributed by atoms with Crippen LogP contribution >= 0.6 is 0 Å². The summed E-state index contributed by atoms with van der Waals surface area (Å²) in [6.07, 6.45) is 1.92. The van der Waals surface area contributed by atoms with Crippen LogP contribution < -0.4 is 0 Å². The van der Waals surface area contributed by atoms with Crippen molar-refractivity contribution in [3.63, 3.8) is 0 Å². The smallest absolute Gasteiger partial charge is 0.212 e. The fourth-order valence-electron chi connectivity index (χ4n) is 3.29. The van der Waals surface area contributed by atoms with E-state index in [0.717, 1.165) is 24.4 Å². The van der Waals surface area contributed by atoms with Crippen LogP contribution in [-0.4, -0.2) is 32.1 Å². The van der Waals surface area contributed by atoms with Crippen molar-refractivity contribution in [1.29, 1.82) is 0 Å². The van der Waals surface area contributed by atoms with E-state index in [4.69, 9.17) is 0 Å². The van der Waals surface area contributed by atoms with Gasteiger partial charge in [-0.15, -0.1) is 0 Å². The molecule has 0 aliphatic carbocycles. The Labute approximate surface area is 136 Å². The number of benzene rings is 1. The fraction of sp³-hybridized carbons (Fsp3) is 0.647. The molecule has 22 heavy (non-hydrogen) atoms. The lowest BCUT2D eigenvalue weighted by Crippen LogP contribution is -2.29. The first kappa shape index (κ1) is 17.7. The molecule has 2 rings (SSSR count). The van der Waals surface area contributed by atoms with Gasteiger partial charge in [0.1, 0.15) is 0 Å². The summed E-state index contributed by atoms with van der Waals surface area (Å²) in [5.74, 6) is 0.297. The first-order valence-electron chi connectivity index (χ1n) is 8.19. The summed E-state index contributed by atoms with van der Waals surface area (Å²) in [5, 5.41) is 0. The quantitative estimate of drug-likeness (QED) is 0.549. The van der Waals surface area contributed by atoms with Crippen LogP contribution in [0.2, 0.25) is 25.7 Å². The average molecular weight is 340 g/mol. The third kappa shape index (κ3) is 3.63. The second kappa shape index (κ2) is 6.10. The molecule has 3 nitrogen and oxygen atoms in total. The normalized spacial score (nSPS) is 28.6. The molecule has 0 bridgehead atoms. The first-order chi connectivity index (χ1) is 10.1. The van der Waals surface area contributed by atoms with Crippen molar-refractivity contribution in [3.8, 4) is 0 Å². The third-order valence-corrected chi connectivity index (χ3v) is 8.60. The van der Waals surface area contributed by atoms with E-state index in [1.807, 2.05) is 30.3 Å². The van der Waals surface area contributed by atoms with E-state index in [0.29, 0.717) is 5.75 Å². The molecule has 0 spiro atoms. The number of rotatable bonds is 7. The van der Waals surface area contributed by atoms with Crippen LogP contribution in [0.25, 0.3) is 0 Å². The molecule has 1 unspecified atom stereocenters. The number of hydrogen-bond acceptors (Lipinski definition) is 2. The molecule has 124 valence electrons. The fourth-order valence-corrected chi connectivity index (χ4v) is 8.42. The molecule has 1 aromatic carbocycles. The number of sulfonamides is 1. The molecule has 1 aliphatic heterocycles. The summed E-state index contributed by atoms with van der Waals surface area (Å²) in [6.45, 7) is 10.9. The molecule has 1 fully saturated rings. The van der Waals surface area contributed by atoms with Gasteiger partial charge in [0.05, 0.1) is 17.3 Å². The van der Waals surface area contributed by atoms with Gasteiger partial charge in [0, 0.05) is 8.07 Å². The van der Waals surface area contributed by atoms with E-state index >= 15 is 0 Å². The summed E-state index contributed by atoms with van der Waals surface area (Å²) >= 11 is 0. The minimum absolute atomic E-state index is 0.0142. The average Bonchev–Trinajstić information content (AvgIpc) is 3.04. The molecule has 0 radical (unpaired) electrons. The molecule has 1 saturated heterocycles. The maximum Gasteiger partial charge on any atom is 0.215 e. The van der Waals surface area contributed by atoms with Crippen molar-refractivity contribution in [2.24, 2.45) is 0 Å². The lowest BCUT2D eigenvalue weighted by molar-refractivity contribution is 0.492. The standard InChI is InChI=1S/C17H29NO2SSi/c1-6-12-17(2)16(15-10-8-7-9-11-15)18(17)21(19,20)13-14-22(3,4)5/h7-11,16H,6,12-14H2,1-5H3/t16-,17-,18?/m1/s1. The van der Waals surface area contributed by atoms with E-state index < -0.39 is 18.1 Å². The highest BCUT2D eigenvalue weighted by atomic mass is 32.2. The van der Waals surface area contributed by atoms with Crippen LogP contribution in [0.5, 0.6) is 0 Å². The lowest BCUT2D eigenvalue weighted by Gasteiger charge is -2.17. The van der Waals surface area contributed by atoms with E-state index in [2.05, 4.69) is 33.5 Å². The van der Waals surface area contributed by atoms with Crippen LogP contribution in [0.15, 0.2) is 30.3 Å². The second-order valence-electron chi connectivity index (χ2n) is 7.84. The van der Waals surface area contributed by atoms with Gasteiger partial charge < -0.3 is 0 Å². The Morgan fingerprint density at radius 1 is 1.18 bits per heavy atom. The highest BCUT2D eigenvalue weighted by Gasteiger charge is 2.64. The molecular weight excluding hydrogens is 310 g/mol. The maximum atomic E-state index is 12.9. The van der Waals surface area contributed by atoms with Crippen LogP contribution in [0, 0.1) is 0 Å². The molecule has 1 heterocycles. The minimum atomic E-state index is -3.18. The molecule has 3 atom stereocenters. The summed E-state index contributed by atoms with van der Waals surface area (Å²) in [7, 11) is -4.54. The van der Waals surface area contributed by atoms with Crippen LogP contribution in [0.1, 0.15) is 38.3 Å². The predicted octanol–water partition coefficient (Wildman–Crippen LogP) is 4.27. The monoisotopic (exact) mass is 339 g/mol. The van der Waals surface area contributed by atoms with Crippen molar-refractivity contribution in [2.75, 3.05) is 5.75 Å². The van der Waals surface area contributed by atoms with E-state index in [-0.39, 0.29) is 11.6 Å². The Hall–Kier alpha value is -0.653. The zero-order valence-electron chi connectivity index (χ0n) is 14.5. The molecule has 1 aromatic rings. The van der Waals surface area contributed by atoms with Gasteiger partial charge in [0.15, 0.2) is 0 Å². The van der Waals surface area contributed by atoms with Crippen LogP contribution in [-0.2, 0) is 10.0 Å². The number of hydrogen-bond donors (Lipinski definition) is 0. The SMILES string of the molecule is CCC[C@]1(C)[C@@H](c2ccccc2)N1S(=O)(=O)CC[Si](C)(C)C.